The lowest BCUT2D eigenvalue weighted by Crippen LogP contribution is -2.18. The van der Waals surface area contributed by atoms with Crippen molar-refractivity contribution in [3.63, 3.8) is 0 Å². The molecule has 0 saturated heterocycles. The van der Waals surface area contributed by atoms with E-state index in [1.54, 1.807) is 11.8 Å². The summed E-state index contributed by atoms with van der Waals surface area (Å²) in [4.78, 5) is 4.76. The van der Waals surface area contributed by atoms with Gasteiger partial charge in [-0.15, -0.1) is 10.2 Å². The molecule has 180 valence electrons. The molecular formula is C27H34N4O2S. The van der Waals surface area contributed by atoms with Gasteiger partial charge in [0, 0.05) is 17.0 Å². The van der Waals surface area contributed by atoms with E-state index in [1.807, 2.05) is 48.5 Å². The topological polar surface area (TPSA) is 69.2 Å². The van der Waals surface area contributed by atoms with Gasteiger partial charge in [-0.3, -0.25) is 0 Å². The van der Waals surface area contributed by atoms with Crippen molar-refractivity contribution in [2.75, 3.05) is 17.7 Å². The SMILES string of the molecule is CCCCCCOc1ccccc1C1Nc2ccccc2-c2nnc(SCCCCC)nc2O1. The van der Waals surface area contributed by atoms with Crippen molar-refractivity contribution in [3.8, 4) is 22.9 Å². The zero-order valence-corrected chi connectivity index (χ0v) is 20.9. The second-order valence-electron chi connectivity index (χ2n) is 8.44. The van der Waals surface area contributed by atoms with E-state index in [0.717, 1.165) is 41.2 Å². The number of hydrogen-bond donors (Lipinski definition) is 1. The lowest BCUT2D eigenvalue weighted by molar-refractivity contribution is 0.215. The van der Waals surface area contributed by atoms with Gasteiger partial charge in [-0.25, -0.2) is 0 Å². The van der Waals surface area contributed by atoms with E-state index < -0.39 is 6.23 Å². The highest BCUT2D eigenvalue weighted by Crippen LogP contribution is 2.41. The van der Waals surface area contributed by atoms with E-state index in [2.05, 4.69) is 29.4 Å². The Morgan fingerprint density at radius 1 is 0.912 bits per heavy atom. The average molecular weight is 479 g/mol. The molecule has 0 saturated carbocycles. The number of para-hydroxylation sites is 2. The molecule has 2 aromatic carbocycles. The van der Waals surface area contributed by atoms with Crippen molar-refractivity contribution >= 4 is 17.4 Å². The third kappa shape index (κ3) is 6.20. The fourth-order valence-electron chi connectivity index (χ4n) is 3.90. The number of aromatic nitrogens is 3. The van der Waals surface area contributed by atoms with Gasteiger partial charge in [0.05, 0.1) is 12.2 Å². The van der Waals surface area contributed by atoms with Gasteiger partial charge in [-0.1, -0.05) is 88.0 Å². The van der Waals surface area contributed by atoms with Crippen LogP contribution in [0.4, 0.5) is 5.69 Å². The highest BCUT2D eigenvalue weighted by Gasteiger charge is 2.27. The van der Waals surface area contributed by atoms with E-state index >= 15 is 0 Å². The van der Waals surface area contributed by atoms with E-state index in [0.29, 0.717) is 23.3 Å². The molecule has 4 rings (SSSR count). The Balaban J connectivity index is 1.60. The molecule has 1 aliphatic rings. The van der Waals surface area contributed by atoms with Crippen LogP contribution >= 0.6 is 11.8 Å². The van der Waals surface area contributed by atoms with Crippen LogP contribution < -0.4 is 14.8 Å². The summed E-state index contributed by atoms with van der Waals surface area (Å²) in [5.74, 6) is 2.29. The number of benzene rings is 2. The van der Waals surface area contributed by atoms with Gasteiger partial charge < -0.3 is 14.8 Å². The van der Waals surface area contributed by atoms with Crippen LogP contribution in [-0.2, 0) is 0 Å². The maximum Gasteiger partial charge on any atom is 0.247 e. The molecule has 2 heterocycles. The first-order valence-electron chi connectivity index (χ1n) is 12.4. The summed E-state index contributed by atoms with van der Waals surface area (Å²) in [5, 5.41) is 13.1. The number of hydrogen-bond acceptors (Lipinski definition) is 7. The predicted molar refractivity (Wildman–Crippen MR) is 139 cm³/mol. The van der Waals surface area contributed by atoms with E-state index in [9.17, 15) is 0 Å². The molecule has 1 aromatic heterocycles. The highest BCUT2D eigenvalue weighted by atomic mass is 32.2. The molecule has 1 N–H and O–H groups in total. The van der Waals surface area contributed by atoms with Crippen LogP contribution in [0.5, 0.6) is 11.6 Å². The third-order valence-corrected chi connectivity index (χ3v) is 6.69. The Kier molecular flexibility index (Phi) is 9.02. The Morgan fingerprint density at radius 2 is 1.71 bits per heavy atom. The van der Waals surface area contributed by atoms with Crippen LogP contribution in [-0.4, -0.2) is 27.5 Å². The van der Waals surface area contributed by atoms with Crippen LogP contribution in [0.2, 0.25) is 0 Å². The lowest BCUT2D eigenvalue weighted by Gasteiger charge is -2.22. The summed E-state index contributed by atoms with van der Waals surface area (Å²) in [6.07, 6.45) is 7.75. The van der Waals surface area contributed by atoms with Crippen LogP contribution in [0.1, 0.15) is 70.6 Å². The third-order valence-electron chi connectivity index (χ3n) is 5.77. The smallest absolute Gasteiger partial charge is 0.247 e. The maximum atomic E-state index is 6.46. The highest BCUT2D eigenvalue weighted by molar-refractivity contribution is 7.99. The fraction of sp³-hybridized carbons (Fsp3) is 0.444. The maximum absolute atomic E-state index is 6.46. The van der Waals surface area contributed by atoms with E-state index in [1.165, 1.54) is 32.1 Å². The zero-order chi connectivity index (χ0) is 23.6. The molecule has 1 unspecified atom stereocenters. The van der Waals surface area contributed by atoms with Gasteiger partial charge in [0.25, 0.3) is 0 Å². The quantitative estimate of drug-likeness (QED) is 0.217. The standard InChI is InChI=1S/C27H34N4O2S/c1-3-5-7-12-18-32-23-17-11-9-15-21(23)25-28-22-16-10-8-14-20(22)24-26(33-25)29-27(31-30-24)34-19-13-6-4-2/h8-11,14-17,25,28H,3-7,12-13,18-19H2,1-2H3. The molecule has 3 aromatic rings. The molecule has 1 aliphatic heterocycles. The molecule has 0 radical (unpaired) electrons. The van der Waals surface area contributed by atoms with Crippen molar-refractivity contribution in [2.45, 2.75) is 70.2 Å². The average Bonchev–Trinajstić information content (AvgIpc) is 3.03. The first kappa shape index (κ1) is 24.3. The number of rotatable bonds is 12. The van der Waals surface area contributed by atoms with Crippen molar-refractivity contribution in [1.29, 1.82) is 0 Å². The number of nitrogens with zero attached hydrogens (tertiary/aromatic N) is 3. The van der Waals surface area contributed by atoms with Gasteiger partial charge >= 0.3 is 0 Å². The Labute approximate surface area is 206 Å². The van der Waals surface area contributed by atoms with Crippen molar-refractivity contribution in [1.82, 2.24) is 15.2 Å². The first-order chi connectivity index (χ1) is 16.8. The molecule has 0 amide bonds. The van der Waals surface area contributed by atoms with Gasteiger partial charge in [0.2, 0.25) is 17.3 Å². The predicted octanol–water partition coefficient (Wildman–Crippen LogP) is 7.28. The second kappa shape index (κ2) is 12.6. The molecule has 7 heteroatoms. The van der Waals surface area contributed by atoms with Crippen LogP contribution in [0.25, 0.3) is 11.3 Å². The minimum atomic E-state index is -0.455. The molecule has 6 nitrogen and oxygen atoms in total. The number of fused-ring (bicyclic) bond motifs is 3. The molecule has 1 atom stereocenters. The van der Waals surface area contributed by atoms with Crippen LogP contribution in [0.15, 0.2) is 53.7 Å². The van der Waals surface area contributed by atoms with E-state index in [4.69, 9.17) is 14.5 Å². The summed E-state index contributed by atoms with van der Waals surface area (Å²) < 4.78 is 12.6. The van der Waals surface area contributed by atoms with Gasteiger partial charge in [-0.2, -0.15) is 4.98 Å². The largest absolute Gasteiger partial charge is 0.493 e. The van der Waals surface area contributed by atoms with E-state index in [-0.39, 0.29) is 0 Å². The fourth-order valence-corrected chi connectivity index (χ4v) is 4.68. The van der Waals surface area contributed by atoms with Gasteiger partial charge in [0.1, 0.15) is 5.75 Å². The molecule has 0 spiro atoms. The monoisotopic (exact) mass is 478 g/mol. The van der Waals surface area contributed by atoms with Crippen molar-refractivity contribution in [3.05, 3.63) is 54.1 Å². The number of thioether (sulfide) groups is 1. The Bertz CT molecular complexity index is 1060. The number of unbranched alkanes of at least 4 members (excludes halogenated alkanes) is 5. The Morgan fingerprint density at radius 3 is 2.59 bits per heavy atom. The number of nitrogens with one attached hydrogen (secondary N) is 1. The molecular weight excluding hydrogens is 444 g/mol. The summed E-state index contributed by atoms with van der Waals surface area (Å²) in [6, 6.07) is 16.1. The minimum Gasteiger partial charge on any atom is -0.493 e. The summed E-state index contributed by atoms with van der Waals surface area (Å²) in [7, 11) is 0. The summed E-state index contributed by atoms with van der Waals surface area (Å²) in [6.45, 7) is 5.12. The zero-order valence-electron chi connectivity index (χ0n) is 20.1. The van der Waals surface area contributed by atoms with Crippen molar-refractivity contribution < 1.29 is 9.47 Å². The normalized spacial score (nSPS) is 14.4. The summed E-state index contributed by atoms with van der Waals surface area (Å²) in [5.41, 5.74) is 3.46. The lowest BCUT2D eigenvalue weighted by atomic mass is 10.1. The van der Waals surface area contributed by atoms with Crippen LogP contribution in [0.3, 0.4) is 0 Å². The first-order valence-corrected chi connectivity index (χ1v) is 13.4. The van der Waals surface area contributed by atoms with Gasteiger partial charge in [-0.05, 0) is 31.0 Å². The molecule has 0 bridgehead atoms. The minimum absolute atomic E-state index is 0.455. The number of anilines is 1. The number of ether oxygens (including phenoxy) is 2. The molecule has 34 heavy (non-hydrogen) atoms. The Hall–Kier alpha value is -2.80. The molecule has 0 aliphatic carbocycles. The van der Waals surface area contributed by atoms with Gasteiger partial charge in [0.15, 0.2) is 5.69 Å². The van der Waals surface area contributed by atoms with Crippen LogP contribution in [0, 0.1) is 0 Å². The summed E-state index contributed by atoms with van der Waals surface area (Å²) >= 11 is 1.63. The molecule has 0 fully saturated rings. The second-order valence-corrected chi connectivity index (χ2v) is 9.50. The van der Waals surface area contributed by atoms with Crippen molar-refractivity contribution in [2.24, 2.45) is 0 Å².